The van der Waals surface area contributed by atoms with Crippen molar-refractivity contribution in [3.05, 3.63) is 12.2 Å². The summed E-state index contributed by atoms with van der Waals surface area (Å²) in [6.45, 7) is 11.4. The monoisotopic (exact) mass is 234 g/mol. The summed E-state index contributed by atoms with van der Waals surface area (Å²) in [7, 11) is 0. The molecule has 0 aromatic rings. The van der Waals surface area contributed by atoms with E-state index in [-0.39, 0.29) is 0 Å². The van der Waals surface area contributed by atoms with E-state index in [9.17, 15) is 0 Å². The van der Waals surface area contributed by atoms with Crippen LogP contribution in [0.15, 0.2) is 12.2 Å². The summed E-state index contributed by atoms with van der Waals surface area (Å²) in [5.41, 5.74) is 1.90. The van der Waals surface area contributed by atoms with Gasteiger partial charge in [-0.3, -0.25) is 0 Å². The first-order valence-corrected chi connectivity index (χ1v) is 7.30. The molecule has 1 aliphatic heterocycles. The Morgan fingerprint density at radius 3 is 2.59 bits per heavy atom. The molecule has 3 rings (SSSR count). The van der Waals surface area contributed by atoms with Crippen LogP contribution in [0.5, 0.6) is 0 Å². The maximum Gasteiger partial charge on any atom is 0.0651 e. The van der Waals surface area contributed by atoms with Crippen molar-refractivity contribution in [3.63, 3.8) is 0 Å². The van der Waals surface area contributed by atoms with Crippen LogP contribution in [0.1, 0.15) is 52.9 Å². The van der Waals surface area contributed by atoms with Gasteiger partial charge in [0.05, 0.1) is 12.2 Å². The van der Waals surface area contributed by atoms with Crippen molar-refractivity contribution in [2.24, 2.45) is 23.2 Å². The minimum absolute atomic E-state index is 0.385. The maximum atomic E-state index is 6.27. The van der Waals surface area contributed by atoms with Gasteiger partial charge in [-0.25, -0.2) is 0 Å². The summed E-state index contributed by atoms with van der Waals surface area (Å²) < 4.78 is 6.27. The molecule has 1 heterocycles. The Hall–Kier alpha value is -0.300. The first-order valence-electron chi connectivity index (χ1n) is 7.30. The van der Waals surface area contributed by atoms with Crippen molar-refractivity contribution >= 4 is 0 Å². The molecule has 2 aliphatic carbocycles. The summed E-state index contributed by atoms with van der Waals surface area (Å²) in [4.78, 5) is 0. The molecular weight excluding hydrogens is 208 g/mol. The second kappa shape index (κ2) is 3.85. The molecule has 0 aromatic heterocycles. The molecule has 0 amide bonds. The molecule has 0 radical (unpaired) electrons. The summed E-state index contributed by atoms with van der Waals surface area (Å²) in [5.74, 6) is 2.66. The molecule has 1 saturated heterocycles. The smallest absolute Gasteiger partial charge is 0.0651 e. The highest BCUT2D eigenvalue weighted by molar-refractivity contribution is 5.10. The lowest BCUT2D eigenvalue weighted by atomic mass is 9.65. The maximum absolute atomic E-state index is 6.27. The van der Waals surface area contributed by atoms with Crippen LogP contribution >= 0.6 is 0 Å². The Labute approximate surface area is 106 Å². The largest absolute Gasteiger partial charge is 0.374 e. The van der Waals surface area contributed by atoms with Gasteiger partial charge in [0, 0.05) is 0 Å². The normalized spacial score (nSPS) is 48.6. The molecule has 1 nitrogen and oxygen atoms in total. The van der Waals surface area contributed by atoms with Gasteiger partial charge < -0.3 is 4.74 Å². The number of hydrogen-bond donors (Lipinski definition) is 0. The van der Waals surface area contributed by atoms with Crippen molar-refractivity contribution in [1.82, 2.24) is 0 Å². The Morgan fingerprint density at radius 2 is 2.00 bits per heavy atom. The van der Waals surface area contributed by atoms with E-state index in [0.29, 0.717) is 17.6 Å². The van der Waals surface area contributed by atoms with Gasteiger partial charge >= 0.3 is 0 Å². The van der Waals surface area contributed by atoms with Crippen LogP contribution in [0.4, 0.5) is 0 Å². The van der Waals surface area contributed by atoms with E-state index in [1.54, 1.807) is 0 Å². The molecule has 3 fully saturated rings. The average Bonchev–Trinajstić information content (AvgIpc) is 2.73. The number of rotatable bonds is 1. The van der Waals surface area contributed by atoms with Crippen LogP contribution in [0.3, 0.4) is 0 Å². The fraction of sp³-hybridized carbons (Fsp3) is 0.875. The van der Waals surface area contributed by atoms with Crippen LogP contribution < -0.4 is 0 Å². The molecule has 5 unspecified atom stereocenters. The average molecular weight is 234 g/mol. The van der Waals surface area contributed by atoms with Crippen LogP contribution in [-0.2, 0) is 4.74 Å². The molecule has 3 aliphatic rings. The van der Waals surface area contributed by atoms with E-state index in [0.717, 1.165) is 30.6 Å². The predicted octanol–water partition coefficient (Wildman–Crippen LogP) is 4.18. The zero-order valence-corrected chi connectivity index (χ0v) is 11.5. The van der Waals surface area contributed by atoms with Gasteiger partial charge in [-0.1, -0.05) is 26.0 Å². The van der Waals surface area contributed by atoms with E-state index in [1.165, 1.54) is 24.8 Å². The zero-order valence-electron chi connectivity index (χ0n) is 11.5. The molecular formula is C16H26O. The lowest BCUT2D eigenvalue weighted by Crippen LogP contribution is -2.43. The van der Waals surface area contributed by atoms with Crippen molar-refractivity contribution in [2.45, 2.75) is 65.1 Å². The number of hydrogen-bond acceptors (Lipinski definition) is 1. The van der Waals surface area contributed by atoms with E-state index < -0.39 is 0 Å². The molecule has 0 aromatic carbocycles. The quantitative estimate of drug-likeness (QED) is 0.618. The summed E-state index contributed by atoms with van der Waals surface area (Å²) in [6.07, 6.45) is 7.38. The van der Waals surface area contributed by atoms with Gasteiger partial charge in [-0.05, 0) is 62.2 Å². The van der Waals surface area contributed by atoms with Crippen LogP contribution in [0, 0.1) is 23.2 Å². The Bertz CT molecular complexity index is 330. The van der Waals surface area contributed by atoms with Gasteiger partial charge in [0.2, 0.25) is 0 Å². The highest BCUT2D eigenvalue weighted by atomic mass is 16.5. The third kappa shape index (κ3) is 1.78. The van der Waals surface area contributed by atoms with Crippen LogP contribution in [0.25, 0.3) is 0 Å². The van der Waals surface area contributed by atoms with Gasteiger partial charge in [0.1, 0.15) is 0 Å². The first-order chi connectivity index (χ1) is 7.98. The second-order valence-electron chi connectivity index (χ2n) is 7.26. The third-order valence-corrected chi connectivity index (χ3v) is 5.77. The zero-order chi connectivity index (χ0) is 12.2. The predicted molar refractivity (Wildman–Crippen MR) is 70.8 cm³/mol. The standard InChI is InChI=1S/C16H26O/c1-10-7-11(2)17-14(8-10)15-12-5-6-13(9-12)16(15,3)4/h11-15H,1,5-9H2,2-4H3. The van der Waals surface area contributed by atoms with Crippen molar-refractivity contribution in [1.29, 1.82) is 0 Å². The van der Waals surface area contributed by atoms with E-state index >= 15 is 0 Å². The minimum Gasteiger partial charge on any atom is -0.374 e. The first kappa shape index (κ1) is 11.8. The van der Waals surface area contributed by atoms with E-state index in [1.807, 2.05) is 0 Å². The molecule has 1 heteroatoms. The summed E-state index contributed by atoms with van der Waals surface area (Å²) in [5, 5.41) is 0. The highest BCUT2D eigenvalue weighted by Gasteiger charge is 2.55. The van der Waals surface area contributed by atoms with Gasteiger partial charge in [-0.2, -0.15) is 0 Å². The molecule has 5 atom stereocenters. The third-order valence-electron chi connectivity index (χ3n) is 5.77. The Balaban J connectivity index is 1.82. The SMILES string of the molecule is C=C1CC(C)OC(C2C3CCC(C3)C2(C)C)C1. The molecule has 96 valence electrons. The highest BCUT2D eigenvalue weighted by Crippen LogP contribution is 2.61. The number of ether oxygens (including phenoxy) is 1. The second-order valence-corrected chi connectivity index (χ2v) is 7.26. The topological polar surface area (TPSA) is 9.23 Å². The lowest BCUT2D eigenvalue weighted by molar-refractivity contribution is -0.0950. The van der Waals surface area contributed by atoms with Crippen molar-refractivity contribution < 1.29 is 4.74 Å². The van der Waals surface area contributed by atoms with Crippen LogP contribution in [0.2, 0.25) is 0 Å². The fourth-order valence-electron chi connectivity index (χ4n) is 5.06. The van der Waals surface area contributed by atoms with Crippen LogP contribution in [-0.4, -0.2) is 12.2 Å². The van der Waals surface area contributed by atoms with Gasteiger partial charge in [-0.15, -0.1) is 0 Å². The minimum atomic E-state index is 0.385. The molecule has 2 saturated carbocycles. The Morgan fingerprint density at radius 1 is 1.24 bits per heavy atom. The fourth-order valence-corrected chi connectivity index (χ4v) is 5.06. The number of fused-ring (bicyclic) bond motifs is 2. The summed E-state index contributed by atoms with van der Waals surface area (Å²) in [6, 6.07) is 0. The van der Waals surface area contributed by atoms with Gasteiger partial charge in [0.25, 0.3) is 0 Å². The van der Waals surface area contributed by atoms with Gasteiger partial charge in [0.15, 0.2) is 0 Å². The van der Waals surface area contributed by atoms with E-state index in [4.69, 9.17) is 4.74 Å². The lowest BCUT2D eigenvalue weighted by Gasteiger charge is -2.45. The molecule has 0 N–H and O–H groups in total. The molecule has 2 bridgehead atoms. The van der Waals surface area contributed by atoms with Crippen molar-refractivity contribution in [2.75, 3.05) is 0 Å². The summed E-state index contributed by atoms with van der Waals surface area (Å²) >= 11 is 0. The molecule has 0 spiro atoms. The van der Waals surface area contributed by atoms with E-state index in [2.05, 4.69) is 27.4 Å². The van der Waals surface area contributed by atoms with Crippen molar-refractivity contribution in [3.8, 4) is 0 Å². The Kier molecular flexibility index (Phi) is 2.66. The molecule has 17 heavy (non-hydrogen) atoms.